The summed E-state index contributed by atoms with van der Waals surface area (Å²) in [6, 6.07) is 20.4. The second kappa shape index (κ2) is 7.28. The van der Waals surface area contributed by atoms with Gasteiger partial charge in [-0.05, 0) is 60.7 Å². The van der Waals surface area contributed by atoms with Crippen LogP contribution in [0.3, 0.4) is 0 Å². The lowest BCUT2D eigenvalue weighted by Gasteiger charge is -2.09. The van der Waals surface area contributed by atoms with Gasteiger partial charge in [0.2, 0.25) is 0 Å². The van der Waals surface area contributed by atoms with Gasteiger partial charge in [-0.3, -0.25) is 9.78 Å². The third-order valence-corrected chi connectivity index (χ3v) is 3.42. The molecule has 3 rings (SSSR count). The summed E-state index contributed by atoms with van der Waals surface area (Å²) in [5, 5.41) is 6.11. The first-order valence-electron chi connectivity index (χ1n) is 7.48. The van der Waals surface area contributed by atoms with Crippen LogP contribution in [-0.2, 0) is 0 Å². The zero-order valence-corrected chi connectivity index (χ0v) is 13.2. The molecule has 5 heteroatoms. The number of nitrogens with one attached hydrogen (secondary N) is 2. The van der Waals surface area contributed by atoms with E-state index in [-0.39, 0.29) is 5.91 Å². The monoisotopic (exact) mass is 319 g/mol. The SMILES string of the molecule is COc1ccc(Nc2ccc(NC(=O)c3ccccn3)cc2)cc1. The molecule has 5 nitrogen and oxygen atoms in total. The highest BCUT2D eigenvalue weighted by Crippen LogP contribution is 2.21. The molecule has 1 aromatic heterocycles. The molecule has 2 aromatic carbocycles. The average molecular weight is 319 g/mol. The van der Waals surface area contributed by atoms with E-state index in [2.05, 4.69) is 15.6 Å². The van der Waals surface area contributed by atoms with E-state index in [1.807, 2.05) is 48.5 Å². The fourth-order valence-electron chi connectivity index (χ4n) is 2.17. The molecule has 0 radical (unpaired) electrons. The molecular weight excluding hydrogens is 302 g/mol. The molecule has 0 spiro atoms. The van der Waals surface area contributed by atoms with E-state index in [4.69, 9.17) is 4.74 Å². The van der Waals surface area contributed by atoms with Crippen LogP contribution in [0.2, 0.25) is 0 Å². The van der Waals surface area contributed by atoms with Crippen LogP contribution < -0.4 is 15.4 Å². The van der Waals surface area contributed by atoms with Crippen molar-refractivity contribution in [3.63, 3.8) is 0 Å². The van der Waals surface area contributed by atoms with Gasteiger partial charge in [-0.25, -0.2) is 0 Å². The number of ether oxygens (including phenoxy) is 1. The predicted molar refractivity (Wildman–Crippen MR) is 94.9 cm³/mol. The molecule has 24 heavy (non-hydrogen) atoms. The summed E-state index contributed by atoms with van der Waals surface area (Å²) in [4.78, 5) is 16.1. The predicted octanol–water partition coefficient (Wildman–Crippen LogP) is 4.09. The largest absolute Gasteiger partial charge is 0.497 e. The first-order chi connectivity index (χ1) is 11.7. The third kappa shape index (κ3) is 3.89. The number of nitrogens with zero attached hydrogens (tertiary/aromatic N) is 1. The van der Waals surface area contributed by atoms with Crippen LogP contribution in [0.15, 0.2) is 72.9 Å². The minimum absolute atomic E-state index is 0.230. The average Bonchev–Trinajstić information content (AvgIpc) is 2.65. The van der Waals surface area contributed by atoms with Crippen LogP contribution in [0.5, 0.6) is 5.75 Å². The maximum absolute atomic E-state index is 12.0. The Labute approximate surface area is 140 Å². The van der Waals surface area contributed by atoms with Crippen molar-refractivity contribution in [2.24, 2.45) is 0 Å². The summed E-state index contributed by atoms with van der Waals surface area (Å²) in [5.74, 6) is 0.583. The summed E-state index contributed by atoms with van der Waals surface area (Å²) in [7, 11) is 1.64. The molecule has 1 heterocycles. The lowest BCUT2D eigenvalue weighted by Crippen LogP contribution is -2.13. The lowest BCUT2D eigenvalue weighted by molar-refractivity contribution is 0.102. The van der Waals surface area contributed by atoms with Crippen LogP contribution in [0.4, 0.5) is 17.1 Å². The summed E-state index contributed by atoms with van der Waals surface area (Å²) in [6.07, 6.45) is 1.59. The lowest BCUT2D eigenvalue weighted by atomic mass is 10.2. The minimum Gasteiger partial charge on any atom is -0.497 e. The first kappa shape index (κ1) is 15.6. The number of hydrogen-bond donors (Lipinski definition) is 2. The summed E-state index contributed by atoms with van der Waals surface area (Å²) in [6.45, 7) is 0. The van der Waals surface area contributed by atoms with Crippen LogP contribution in [0.25, 0.3) is 0 Å². The molecular formula is C19H17N3O2. The van der Waals surface area contributed by atoms with Gasteiger partial charge in [-0.2, -0.15) is 0 Å². The van der Waals surface area contributed by atoms with Gasteiger partial charge in [0.1, 0.15) is 11.4 Å². The number of anilines is 3. The Bertz CT molecular complexity index is 800. The molecule has 1 amide bonds. The number of carbonyl (C=O) groups excluding carboxylic acids is 1. The van der Waals surface area contributed by atoms with Crippen LogP contribution in [0.1, 0.15) is 10.5 Å². The number of pyridine rings is 1. The summed E-state index contributed by atoms with van der Waals surface area (Å²) in [5.41, 5.74) is 2.99. The molecule has 0 unspecified atom stereocenters. The Hall–Kier alpha value is -3.34. The molecule has 0 bridgehead atoms. The molecule has 0 aliphatic rings. The molecule has 2 N–H and O–H groups in total. The van der Waals surface area contributed by atoms with Crippen molar-refractivity contribution >= 4 is 23.0 Å². The number of methoxy groups -OCH3 is 1. The zero-order valence-electron chi connectivity index (χ0n) is 13.2. The number of rotatable bonds is 5. The van der Waals surface area contributed by atoms with E-state index in [1.165, 1.54) is 0 Å². The minimum atomic E-state index is -0.230. The van der Waals surface area contributed by atoms with Crippen LogP contribution >= 0.6 is 0 Å². The molecule has 0 saturated heterocycles. The molecule has 0 aliphatic carbocycles. The van der Waals surface area contributed by atoms with Gasteiger partial charge in [0.15, 0.2) is 0 Å². The van der Waals surface area contributed by atoms with Crippen molar-refractivity contribution < 1.29 is 9.53 Å². The zero-order chi connectivity index (χ0) is 16.8. The normalized spacial score (nSPS) is 10.0. The number of carbonyl (C=O) groups is 1. The van der Waals surface area contributed by atoms with E-state index in [1.54, 1.807) is 31.5 Å². The van der Waals surface area contributed by atoms with Gasteiger partial charge in [0, 0.05) is 23.3 Å². The molecule has 3 aromatic rings. The van der Waals surface area contributed by atoms with Gasteiger partial charge in [-0.15, -0.1) is 0 Å². The maximum Gasteiger partial charge on any atom is 0.274 e. The Morgan fingerprint density at radius 2 is 1.50 bits per heavy atom. The van der Waals surface area contributed by atoms with Crippen molar-refractivity contribution in [1.82, 2.24) is 4.98 Å². The van der Waals surface area contributed by atoms with Crippen LogP contribution in [0, 0.1) is 0 Å². The number of hydrogen-bond acceptors (Lipinski definition) is 4. The number of benzene rings is 2. The highest BCUT2D eigenvalue weighted by Gasteiger charge is 2.06. The molecule has 0 saturated carbocycles. The second-order valence-corrected chi connectivity index (χ2v) is 5.10. The van der Waals surface area contributed by atoms with Crippen molar-refractivity contribution in [2.75, 3.05) is 17.7 Å². The molecule has 0 fully saturated rings. The van der Waals surface area contributed by atoms with Crippen molar-refractivity contribution in [3.05, 3.63) is 78.6 Å². The van der Waals surface area contributed by atoms with E-state index in [9.17, 15) is 4.79 Å². The van der Waals surface area contributed by atoms with E-state index in [0.717, 1.165) is 17.1 Å². The number of aromatic nitrogens is 1. The quantitative estimate of drug-likeness (QED) is 0.743. The number of amides is 1. The smallest absolute Gasteiger partial charge is 0.274 e. The highest BCUT2D eigenvalue weighted by atomic mass is 16.5. The third-order valence-electron chi connectivity index (χ3n) is 3.42. The Kier molecular flexibility index (Phi) is 4.72. The Balaban J connectivity index is 1.63. The van der Waals surface area contributed by atoms with Crippen molar-refractivity contribution in [3.8, 4) is 5.75 Å². The van der Waals surface area contributed by atoms with E-state index in [0.29, 0.717) is 11.4 Å². The van der Waals surface area contributed by atoms with Gasteiger partial charge < -0.3 is 15.4 Å². The standard InChI is InChI=1S/C19H17N3O2/c1-24-17-11-9-15(10-12-17)21-14-5-7-16(8-6-14)22-19(23)18-4-2-3-13-20-18/h2-13,21H,1H3,(H,22,23). The highest BCUT2D eigenvalue weighted by molar-refractivity contribution is 6.02. The first-order valence-corrected chi connectivity index (χ1v) is 7.48. The van der Waals surface area contributed by atoms with Gasteiger partial charge in [0.05, 0.1) is 7.11 Å². The van der Waals surface area contributed by atoms with Crippen molar-refractivity contribution in [2.45, 2.75) is 0 Å². The van der Waals surface area contributed by atoms with Gasteiger partial charge >= 0.3 is 0 Å². The summed E-state index contributed by atoms with van der Waals surface area (Å²) < 4.78 is 5.14. The Morgan fingerprint density at radius 1 is 0.875 bits per heavy atom. The molecule has 0 atom stereocenters. The fraction of sp³-hybridized carbons (Fsp3) is 0.0526. The fourth-order valence-corrected chi connectivity index (χ4v) is 2.17. The van der Waals surface area contributed by atoms with Gasteiger partial charge in [0.25, 0.3) is 5.91 Å². The Morgan fingerprint density at radius 3 is 2.08 bits per heavy atom. The second-order valence-electron chi connectivity index (χ2n) is 5.10. The molecule has 0 aliphatic heterocycles. The van der Waals surface area contributed by atoms with E-state index >= 15 is 0 Å². The summed E-state index contributed by atoms with van der Waals surface area (Å²) >= 11 is 0. The van der Waals surface area contributed by atoms with Crippen molar-refractivity contribution in [1.29, 1.82) is 0 Å². The molecule has 120 valence electrons. The van der Waals surface area contributed by atoms with Crippen LogP contribution in [-0.4, -0.2) is 18.0 Å². The van der Waals surface area contributed by atoms with Gasteiger partial charge in [-0.1, -0.05) is 6.07 Å². The topological polar surface area (TPSA) is 63.2 Å². The maximum atomic E-state index is 12.0. The van der Waals surface area contributed by atoms with E-state index < -0.39 is 0 Å².